The van der Waals surface area contributed by atoms with Crippen molar-refractivity contribution in [3.63, 3.8) is 0 Å². The molecular weight excluding hydrogens is 428 g/mol. The predicted octanol–water partition coefficient (Wildman–Crippen LogP) is 3.52. The quantitative estimate of drug-likeness (QED) is 0.535. The summed E-state index contributed by atoms with van der Waals surface area (Å²) in [5, 5.41) is 2.80. The monoisotopic (exact) mass is 454 g/mol. The number of methoxy groups -OCH3 is 2. The van der Waals surface area contributed by atoms with Crippen LogP contribution in [0, 0.1) is 6.92 Å². The van der Waals surface area contributed by atoms with Crippen LogP contribution in [0.1, 0.15) is 11.1 Å². The average Bonchev–Trinajstić information content (AvgIpc) is 2.81. The molecule has 3 aromatic rings. The molecule has 0 aliphatic rings. The summed E-state index contributed by atoms with van der Waals surface area (Å²) in [6, 6.07) is 20.5. The van der Waals surface area contributed by atoms with E-state index in [-0.39, 0.29) is 10.6 Å². The molecule has 0 atom stereocenters. The summed E-state index contributed by atoms with van der Waals surface area (Å²) in [6.07, 6.45) is 0. The van der Waals surface area contributed by atoms with E-state index < -0.39 is 22.5 Å². The molecule has 3 rings (SSSR count). The van der Waals surface area contributed by atoms with Crippen LogP contribution >= 0.6 is 0 Å². The molecule has 3 aromatic carbocycles. The van der Waals surface area contributed by atoms with Gasteiger partial charge in [0.15, 0.2) is 11.5 Å². The first-order valence-electron chi connectivity index (χ1n) is 9.97. The first kappa shape index (κ1) is 23.1. The third-order valence-corrected chi connectivity index (χ3v) is 6.63. The Hall–Kier alpha value is -3.52. The number of amides is 1. The van der Waals surface area contributed by atoms with Crippen LogP contribution in [0.25, 0.3) is 0 Å². The smallest absolute Gasteiger partial charge is 0.264 e. The van der Waals surface area contributed by atoms with Gasteiger partial charge in [-0.25, -0.2) is 8.42 Å². The van der Waals surface area contributed by atoms with Crippen LogP contribution < -0.4 is 19.1 Å². The number of anilines is 1. The van der Waals surface area contributed by atoms with Gasteiger partial charge in [0, 0.05) is 12.6 Å². The lowest BCUT2D eigenvalue weighted by molar-refractivity contribution is -0.119. The largest absolute Gasteiger partial charge is 0.493 e. The molecule has 0 fully saturated rings. The Labute approximate surface area is 188 Å². The Morgan fingerprint density at radius 1 is 0.906 bits per heavy atom. The Kier molecular flexibility index (Phi) is 7.37. The van der Waals surface area contributed by atoms with Crippen molar-refractivity contribution in [2.75, 3.05) is 25.1 Å². The number of benzene rings is 3. The third kappa shape index (κ3) is 5.39. The Balaban J connectivity index is 1.91. The molecule has 0 unspecified atom stereocenters. The maximum absolute atomic E-state index is 13.4. The predicted molar refractivity (Wildman–Crippen MR) is 124 cm³/mol. The molecule has 0 saturated carbocycles. The first-order valence-corrected chi connectivity index (χ1v) is 11.4. The zero-order valence-electron chi connectivity index (χ0n) is 18.2. The summed E-state index contributed by atoms with van der Waals surface area (Å²) >= 11 is 0. The number of rotatable bonds is 9. The van der Waals surface area contributed by atoms with Gasteiger partial charge in [0.1, 0.15) is 6.54 Å². The van der Waals surface area contributed by atoms with Gasteiger partial charge in [-0.1, -0.05) is 48.0 Å². The fourth-order valence-electron chi connectivity index (χ4n) is 3.22. The van der Waals surface area contributed by atoms with E-state index in [9.17, 15) is 13.2 Å². The van der Waals surface area contributed by atoms with E-state index in [1.54, 1.807) is 30.3 Å². The standard InChI is InChI=1S/C24H26N2O5S/c1-18-8-7-9-19(14-18)16-25-24(27)17-26(32(28,29)21-10-5-4-6-11-21)20-12-13-22(30-2)23(15-20)31-3/h4-15H,16-17H2,1-3H3,(H,25,27). The number of ether oxygens (including phenoxy) is 2. The summed E-state index contributed by atoms with van der Waals surface area (Å²) in [5.41, 5.74) is 2.30. The maximum atomic E-state index is 13.4. The molecule has 0 aliphatic carbocycles. The van der Waals surface area contributed by atoms with Crippen LogP contribution in [0.3, 0.4) is 0 Å². The summed E-state index contributed by atoms with van der Waals surface area (Å²) < 4.78 is 38.5. The van der Waals surface area contributed by atoms with Gasteiger partial charge in [0.25, 0.3) is 10.0 Å². The zero-order valence-corrected chi connectivity index (χ0v) is 19.1. The van der Waals surface area contributed by atoms with Gasteiger partial charge in [-0.3, -0.25) is 9.10 Å². The Morgan fingerprint density at radius 2 is 1.62 bits per heavy atom. The van der Waals surface area contributed by atoms with Crippen molar-refractivity contribution in [2.24, 2.45) is 0 Å². The van der Waals surface area contributed by atoms with Crippen molar-refractivity contribution >= 4 is 21.6 Å². The lowest BCUT2D eigenvalue weighted by Crippen LogP contribution is -2.40. The van der Waals surface area contributed by atoms with Crippen molar-refractivity contribution in [1.82, 2.24) is 5.32 Å². The van der Waals surface area contributed by atoms with Crippen LogP contribution in [0.15, 0.2) is 77.7 Å². The highest BCUT2D eigenvalue weighted by Crippen LogP contribution is 2.33. The van der Waals surface area contributed by atoms with Gasteiger partial charge in [-0.05, 0) is 36.8 Å². The van der Waals surface area contributed by atoms with Crippen LogP contribution in [0.4, 0.5) is 5.69 Å². The second-order valence-corrected chi connectivity index (χ2v) is 8.99. The Morgan fingerprint density at radius 3 is 2.28 bits per heavy atom. The molecule has 7 nitrogen and oxygen atoms in total. The second-order valence-electron chi connectivity index (χ2n) is 7.13. The molecule has 0 heterocycles. The topological polar surface area (TPSA) is 84.9 Å². The number of aryl methyl sites for hydroxylation is 1. The minimum Gasteiger partial charge on any atom is -0.493 e. The first-order chi connectivity index (χ1) is 15.3. The number of sulfonamides is 1. The van der Waals surface area contributed by atoms with E-state index in [0.717, 1.165) is 15.4 Å². The highest BCUT2D eigenvalue weighted by atomic mass is 32.2. The summed E-state index contributed by atoms with van der Waals surface area (Å²) in [7, 11) is -1.05. The van der Waals surface area contributed by atoms with Crippen molar-refractivity contribution in [3.05, 3.63) is 83.9 Å². The van der Waals surface area contributed by atoms with Gasteiger partial charge < -0.3 is 14.8 Å². The number of hydrogen-bond acceptors (Lipinski definition) is 5. The van der Waals surface area contributed by atoms with Gasteiger partial charge >= 0.3 is 0 Å². The third-order valence-electron chi connectivity index (χ3n) is 4.85. The second kappa shape index (κ2) is 10.2. The fraction of sp³-hybridized carbons (Fsp3) is 0.208. The molecule has 1 amide bonds. The van der Waals surface area contributed by atoms with E-state index in [4.69, 9.17) is 9.47 Å². The van der Waals surface area contributed by atoms with E-state index in [1.807, 2.05) is 31.2 Å². The molecule has 0 aromatic heterocycles. The number of carbonyl (C=O) groups is 1. The van der Waals surface area contributed by atoms with E-state index >= 15 is 0 Å². The highest BCUT2D eigenvalue weighted by Gasteiger charge is 2.28. The van der Waals surface area contributed by atoms with Crippen molar-refractivity contribution in [1.29, 1.82) is 0 Å². The number of nitrogens with zero attached hydrogens (tertiary/aromatic N) is 1. The van der Waals surface area contributed by atoms with Gasteiger partial charge in [-0.15, -0.1) is 0 Å². The van der Waals surface area contributed by atoms with Crippen molar-refractivity contribution < 1.29 is 22.7 Å². The Bertz CT molecular complexity index is 1180. The highest BCUT2D eigenvalue weighted by molar-refractivity contribution is 7.92. The molecular formula is C24H26N2O5S. The number of nitrogens with one attached hydrogen (secondary N) is 1. The minimum absolute atomic E-state index is 0.0845. The van der Waals surface area contributed by atoms with E-state index in [2.05, 4.69) is 5.32 Å². The van der Waals surface area contributed by atoms with Crippen molar-refractivity contribution in [2.45, 2.75) is 18.4 Å². The van der Waals surface area contributed by atoms with Crippen LogP contribution in [0.5, 0.6) is 11.5 Å². The summed E-state index contributed by atoms with van der Waals surface area (Å²) in [5.74, 6) is 0.386. The molecule has 0 saturated heterocycles. The molecule has 1 N–H and O–H groups in total. The van der Waals surface area contributed by atoms with Gasteiger partial charge in [0.2, 0.25) is 5.91 Å². The molecule has 168 valence electrons. The van der Waals surface area contributed by atoms with Crippen molar-refractivity contribution in [3.8, 4) is 11.5 Å². The maximum Gasteiger partial charge on any atom is 0.264 e. The lowest BCUT2D eigenvalue weighted by Gasteiger charge is -2.25. The SMILES string of the molecule is COc1ccc(N(CC(=O)NCc2cccc(C)c2)S(=O)(=O)c2ccccc2)cc1OC. The molecule has 0 spiro atoms. The van der Waals surface area contributed by atoms with E-state index in [0.29, 0.717) is 18.0 Å². The van der Waals surface area contributed by atoms with Crippen LogP contribution in [-0.2, 0) is 21.4 Å². The zero-order chi connectivity index (χ0) is 23.1. The molecule has 0 bridgehead atoms. The average molecular weight is 455 g/mol. The number of carbonyl (C=O) groups excluding carboxylic acids is 1. The minimum atomic E-state index is -4.01. The summed E-state index contributed by atoms with van der Waals surface area (Å²) in [6.45, 7) is 1.88. The lowest BCUT2D eigenvalue weighted by atomic mass is 10.1. The molecule has 8 heteroatoms. The molecule has 0 aliphatic heterocycles. The summed E-state index contributed by atoms with van der Waals surface area (Å²) in [4.78, 5) is 12.9. The van der Waals surface area contributed by atoms with Gasteiger partial charge in [-0.2, -0.15) is 0 Å². The van der Waals surface area contributed by atoms with Gasteiger partial charge in [0.05, 0.1) is 24.8 Å². The van der Waals surface area contributed by atoms with E-state index in [1.165, 1.54) is 32.4 Å². The van der Waals surface area contributed by atoms with Crippen LogP contribution in [-0.4, -0.2) is 35.1 Å². The molecule has 0 radical (unpaired) electrons. The van der Waals surface area contributed by atoms with Crippen LogP contribution in [0.2, 0.25) is 0 Å². The number of hydrogen-bond donors (Lipinski definition) is 1. The normalized spacial score (nSPS) is 11.0. The molecule has 32 heavy (non-hydrogen) atoms. The fourth-order valence-corrected chi connectivity index (χ4v) is 4.66.